The third-order valence-corrected chi connectivity index (χ3v) is 6.29. The van der Waals surface area contributed by atoms with Crippen LogP contribution in [0.25, 0.3) is 0 Å². The van der Waals surface area contributed by atoms with Gasteiger partial charge in [-0.1, -0.05) is 39.0 Å². The van der Waals surface area contributed by atoms with Crippen molar-refractivity contribution in [2.45, 2.75) is 113 Å². The fourth-order valence-electron chi connectivity index (χ4n) is 3.55. The number of hydrogen-bond donors (Lipinski definition) is 2. The minimum absolute atomic E-state index is 0.0833. The van der Waals surface area contributed by atoms with E-state index in [0.717, 1.165) is 0 Å². The largest absolute Gasteiger partial charge is 0.478 e. The number of benzene rings is 1. The van der Waals surface area contributed by atoms with Crippen molar-refractivity contribution >= 4 is 39.9 Å². The predicted octanol–water partition coefficient (Wildman–Crippen LogP) is 7.92. The second-order valence-electron chi connectivity index (χ2n) is 8.49. The van der Waals surface area contributed by atoms with Gasteiger partial charge in [-0.25, -0.2) is 9.59 Å². The zero-order valence-corrected chi connectivity index (χ0v) is 22.0. The maximum Gasteiger partial charge on any atom is 0.335 e. The molecular weight excluding hydrogens is 399 g/mol. The van der Waals surface area contributed by atoms with E-state index in [2.05, 4.69) is 6.92 Å². The summed E-state index contributed by atoms with van der Waals surface area (Å²) in [5.41, 5.74) is 0.167. The molecular formula is C26H43NaO4. The smallest absolute Gasteiger partial charge is 0.335 e. The molecule has 0 saturated heterocycles. The molecule has 0 aromatic heterocycles. The van der Waals surface area contributed by atoms with Crippen molar-refractivity contribution in [1.82, 2.24) is 0 Å². The molecule has 0 spiro atoms. The van der Waals surface area contributed by atoms with Crippen LogP contribution in [0.1, 0.15) is 130 Å². The molecule has 2 N–H and O–H groups in total. The van der Waals surface area contributed by atoms with Gasteiger partial charge >= 0.3 is 114 Å². The Morgan fingerprint density at radius 3 is 1.06 bits per heavy atom. The zero-order chi connectivity index (χ0) is 23.2. The maximum absolute atomic E-state index is 10.3. The summed E-state index contributed by atoms with van der Waals surface area (Å²) in [6, 6.07) is 5.02. The standard InChI is InChI=1S/C18H37.C8H6O4.Na/c1-3-5-7-9-11-13-15-17-18-16-14-12-10-8-6-4-2;9-7(10)5-1-2-6(4-3-5)8(11)12;/h1,3-18H2,2H3;1-4H,(H,9,10)(H,11,12);. The molecule has 0 radical (unpaired) electrons. The van der Waals surface area contributed by atoms with E-state index < -0.39 is 11.9 Å². The summed E-state index contributed by atoms with van der Waals surface area (Å²) in [5, 5.41) is 16.9. The van der Waals surface area contributed by atoms with Crippen LogP contribution in [0, 0.1) is 0 Å². The van der Waals surface area contributed by atoms with E-state index in [1.54, 1.807) is 0 Å². The first kappa shape index (κ1) is 30.2. The van der Waals surface area contributed by atoms with Gasteiger partial charge in [-0.2, -0.15) is 0 Å². The van der Waals surface area contributed by atoms with Crippen LogP contribution in [0.15, 0.2) is 24.3 Å². The van der Waals surface area contributed by atoms with E-state index in [1.807, 2.05) is 0 Å². The van der Waals surface area contributed by atoms with E-state index in [9.17, 15) is 9.59 Å². The number of carboxylic acids is 2. The third kappa shape index (κ3) is 19.6. The molecule has 172 valence electrons. The van der Waals surface area contributed by atoms with E-state index in [-0.39, 0.29) is 11.1 Å². The van der Waals surface area contributed by atoms with E-state index in [0.29, 0.717) is 0 Å². The minimum atomic E-state index is -1.06. The molecule has 0 amide bonds. The number of hydrogen-bond acceptors (Lipinski definition) is 2. The molecule has 1 rings (SSSR count). The van der Waals surface area contributed by atoms with Crippen LogP contribution in [0.2, 0.25) is 3.67 Å². The van der Waals surface area contributed by atoms with E-state index in [1.165, 1.54) is 159 Å². The minimum Gasteiger partial charge on any atom is -0.478 e. The van der Waals surface area contributed by atoms with Gasteiger partial charge in [-0.3, -0.25) is 0 Å². The third-order valence-electron chi connectivity index (χ3n) is 5.59. The molecule has 0 unspecified atom stereocenters. The Labute approximate surface area is 207 Å². The van der Waals surface area contributed by atoms with Gasteiger partial charge in [0.15, 0.2) is 0 Å². The fraction of sp³-hybridized carbons (Fsp3) is 0.692. The van der Waals surface area contributed by atoms with Gasteiger partial charge in [-0.15, -0.1) is 0 Å². The molecule has 5 heteroatoms. The van der Waals surface area contributed by atoms with Crippen molar-refractivity contribution in [2.24, 2.45) is 0 Å². The van der Waals surface area contributed by atoms with Crippen LogP contribution >= 0.6 is 0 Å². The molecule has 31 heavy (non-hydrogen) atoms. The Bertz CT molecular complexity index is 508. The van der Waals surface area contributed by atoms with Crippen molar-refractivity contribution in [1.29, 1.82) is 0 Å². The normalized spacial score (nSPS) is 10.4. The molecule has 0 aliphatic rings. The second kappa shape index (κ2) is 22.4. The molecule has 0 saturated carbocycles. The molecule has 0 fully saturated rings. The van der Waals surface area contributed by atoms with Crippen LogP contribution < -0.4 is 0 Å². The fourth-order valence-corrected chi connectivity index (χ4v) is 4.05. The molecule has 0 bridgehead atoms. The number of rotatable bonds is 18. The Morgan fingerprint density at radius 1 is 0.581 bits per heavy atom. The molecule has 4 nitrogen and oxygen atoms in total. The van der Waals surface area contributed by atoms with Crippen LogP contribution in [0.4, 0.5) is 0 Å². The maximum atomic E-state index is 10.3. The SMILES string of the molecule is CCCCCCCCCCCCCCCCC[CH2][Na].O=C(O)c1ccc(C(=O)O)cc1. The van der Waals surface area contributed by atoms with Crippen molar-refractivity contribution in [3.63, 3.8) is 0 Å². The summed E-state index contributed by atoms with van der Waals surface area (Å²) in [6.45, 7) is 2.30. The van der Waals surface area contributed by atoms with Gasteiger partial charge in [0.2, 0.25) is 0 Å². The zero-order valence-electron chi connectivity index (χ0n) is 20.0. The Morgan fingerprint density at radius 2 is 0.839 bits per heavy atom. The summed E-state index contributed by atoms with van der Waals surface area (Å²) in [7, 11) is 0. The van der Waals surface area contributed by atoms with Crippen LogP contribution in [0.5, 0.6) is 0 Å². The van der Waals surface area contributed by atoms with Gasteiger partial charge in [0, 0.05) is 0 Å². The van der Waals surface area contributed by atoms with Gasteiger partial charge in [0.1, 0.15) is 0 Å². The Balaban J connectivity index is 0.000000639. The average Bonchev–Trinajstić information content (AvgIpc) is 2.77. The van der Waals surface area contributed by atoms with E-state index >= 15 is 0 Å². The number of aromatic carboxylic acids is 2. The molecule has 0 heterocycles. The topological polar surface area (TPSA) is 74.6 Å². The first-order chi connectivity index (χ1) is 15.0. The molecule has 0 aliphatic heterocycles. The number of unbranched alkanes of at least 4 members (excludes halogenated alkanes) is 15. The summed E-state index contributed by atoms with van der Waals surface area (Å²) >= 11 is 1.41. The Hall–Kier alpha value is -0.840. The van der Waals surface area contributed by atoms with Gasteiger partial charge < -0.3 is 10.2 Å². The first-order valence-corrected chi connectivity index (χ1v) is 14.0. The van der Waals surface area contributed by atoms with Crippen molar-refractivity contribution < 1.29 is 19.8 Å². The molecule has 1 aromatic rings. The predicted molar refractivity (Wildman–Crippen MR) is 130 cm³/mol. The van der Waals surface area contributed by atoms with Gasteiger partial charge in [-0.05, 0) is 24.3 Å². The van der Waals surface area contributed by atoms with Crippen LogP contribution in [0.3, 0.4) is 0 Å². The van der Waals surface area contributed by atoms with E-state index in [4.69, 9.17) is 10.2 Å². The molecule has 0 atom stereocenters. The van der Waals surface area contributed by atoms with Crippen LogP contribution in [-0.4, -0.2) is 50.1 Å². The number of carboxylic acid groups (broad SMARTS) is 2. The van der Waals surface area contributed by atoms with Crippen molar-refractivity contribution in [2.75, 3.05) is 0 Å². The van der Waals surface area contributed by atoms with Gasteiger partial charge in [0.25, 0.3) is 0 Å². The quantitative estimate of drug-likeness (QED) is 0.179. The molecule has 1 aromatic carbocycles. The molecule has 0 aliphatic carbocycles. The van der Waals surface area contributed by atoms with Crippen LogP contribution in [-0.2, 0) is 0 Å². The van der Waals surface area contributed by atoms with Crippen molar-refractivity contribution in [3.8, 4) is 0 Å². The Kier molecular flexibility index (Phi) is 21.8. The summed E-state index contributed by atoms with van der Waals surface area (Å²) < 4.78 is 1.51. The summed E-state index contributed by atoms with van der Waals surface area (Å²) in [4.78, 5) is 20.7. The number of carbonyl (C=O) groups is 2. The summed E-state index contributed by atoms with van der Waals surface area (Å²) in [6.07, 6.45) is 23.7. The average molecular weight is 443 g/mol. The summed E-state index contributed by atoms with van der Waals surface area (Å²) in [5.74, 6) is -2.13. The first-order valence-electron chi connectivity index (χ1n) is 12.6. The second-order valence-corrected chi connectivity index (χ2v) is 9.49. The van der Waals surface area contributed by atoms with Crippen molar-refractivity contribution in [3.05, 3.63) is 35.4 Å². The monoisotopic (exact) mass is 442 g/mol. The van der Waals surface area contributed by atoms with Gasteiger partial charge in [0.05, 0.1) is 11.1 Å².